The Labute approximate surface area is 121 Å². The average Bonchev–Trinajstić information content (AvgIpc) is 2.87. The number of anilines is 1. The van der Waals surface area contributed by atoms with Crippen LogP contribution in [0.25, 0.3) is 11.2 Å². The van der Waals surface area contributed by atoms with Crippen molar-refractivity contribution in [3.63, 3.8) is 0 Å². The number of nitrogens with two attached hydrogens (primary N) is 1. The Bertz CT molecular complexity index is 945. The smallest absolute Gasteiger partial charge is 0.358 e. The number of nitrogen functional groups attached to an aromatic ring is 1. The molecule has 0 aliphatic carbocycles. The van der Waals surface area contributed by atoms with E-state index in [4.69, 9.17) is 10.8 Å². The van der Waals surface area contributed by atoms with E-state index >= 15 is 0 Å². The van der Waals surface area contributed by atoms with Crippen LogP contribution in [-0.2, 0) is 6.54 Å². The van der Waals surface area contributed by atoms with Gasteiger partial charge in [-0.2, -0.15) is 0 Å². The van der Waals surface area contributed by atoms with Crippen LogP contribution in [0, 0.1) is 0 Å². The molecule has 11 heteroatoms. The third-order valence-corrected chi connectivity index (χ3v) is 2.90. The number of hydrogen-bond donors (Lipinski definition) is 4. The Balaban J connectivity index is 2.08. The Morgan fingerprint density at radius 2 is 2.14 bits per heavy atom. The predicted octanol–water partition coefficient (Wildman–Crippen LogP) is -1.06. The number of carbonyl (C=O) groups is 1. The molecule has 0 saturated heterocycles. The number of fused-ring (bicyclic) bond motifs is 1. The molecule has 0 aliphatic heterocycles. The molecule has 3 rings (SSSR count). The van der Waals surface area contributed by atoms with Gasteiger partial charge in [-0.15, -0.1) is 0 Å². The number of aromatic carboxylic acids is 1. The minimum atomic E-state index is -1.51. The lowest BCUT2D eigenvalue weighted by Crippen LogP contribution is -2.18. The van der Waals surface area contributed by atoms with Crippen molar-refractivity contribution < 1.29 is 15.0 Å². The first-order valence-corrected chi connectivity index (χ1v) is 5.94. The topological polar surface area (TPSA) is 173 Å². The van der Waals surface area contributed by atoms with Gasteiger partial charge in [0.15, 0.2) is 17.2 Å². The fourth-order valence-electron chi connectivity index (χ4n) is 1.91. The first-order chi connectivity index (χ1) is 10.5. The number of hydrogen-bond acceptors (Lipinski definition) is 8. The van der Waals surface area contributed by atoms with Crippen molar-refractivity contribution in [2.45, 2.75) is 6.54 Å². The van der Waals surface area contributed by atoms with Gasteiger partial charge in [-0.1, -0.05) is 0 Å². The number of imidazole rings is 1. The Morgan fingerprint density at radius 3 is 2.86 bits per heavy atom. The molecule has 112 valence electrons. The van der Waals surface area contributed by atoms with E-state index < -0.39 is 23.0 Å². The lowest BCUT2D eigenvalue weighted by Gasteiger charge is -2.05. The fourth-order valence-corrected chi connectivity index (χ4v) is 1.91. The van der Waals surface area contributed by atoms with E-state index in [1.807, 2.05) is 0 Å². The van der Waals surface area contributed by atoms with Crippen LogP contribution in [0.5, 0.6) is 5.75 Å². The molecule has 3 heterocycles. The van der Waals surface area contributed by atoms with Gasteiger partial charge in [0.2, 0.25) is 5.75 Å². The Morgan fingerprint density at radius 1 is 1.36 bits per heavy atom. The van der Waals surface area contributed by atoms with Gasteiger partial charge in [-0.3, -0.25) is 4.79 Å². The third kappa shape index (κ3) is 2.09. The molecule has 0 atom stereocenters. The highest BCUT2D eigenvalue weighted by Gasteiger charge is 2.17. The molecule has 0 aromatic carbocycles. The summed E-state index contributed by atoms with van der Waals surface area (Å²) in [6.07, 6.45) is 2.66. The molecule has 3 aromatic heterocycles. The number of nitrogens with one attached hydrogen (secondary N) is 1. The maximum atomic E-state index is 11.5. The van der Waals surface area contributed by atoms with Crippen molar-refractivity contribution in [2.75, 3.05) is 5.73 Å². The van der Waals surface area contributed by atoms with Crippen molar-refractivity contribution in [3.8, 4) is 5.75 Å². The second kappa shape index (κ2) is 4.80. The van der Waals surface area contributed by atoms with Crippen molar-refractivity contribution in [1.82, 2.24) is 29.5 Å². The van der Waals surface area contributed by atoms with E-state index in [-0.39, 0.29) is 18.2 Å². The summed E-state index contributed by atoms with van der Waals surface area (Å²) in [6.45, 7) is -0.0112. The highest BCUT2D eigenvalue weighted by atomic mass is 16.4. The number of aromatic hydroxyl groups is 1. The third-order valence-electron chi connectivity index (χ3n) is 2.90. The van der Waals surface area contributed by atoms with E-state index in [1.165, 1.54) is 17.2 Å². The maximum absolute atomic E-state index is 11.5. The van der Waals surface area contributed by atoms with Crippen LogP contribution in [0.4, 0.5) is 5.82 Å². The second-order valence-electron chi connectivity index (χ2n) is 4.32. The van der Waals surface area contributed by atoms with E-state index in [2.05, 4.69) is 24.9 Å². The molecule has 0 bridgehead atoms. The van der Waals surface area contributed by atoms with Gasteiger partial charge in [-0.05, 0) is 0 Å². The standard InChI is InChI=1S/C11H9N7O4/c12-8-6-9(14-2-13-8)18(3-15-6)1-4-16-5(11(21)22)7(19)10(20)17-4/h2-3,19H,1H2,(H,21,22)(H2,12,13,14)(H,16,17,20). The molecule has 0 spiro atoms. The summed E-state index contributed by atoms with van der Waals surface area (Å²) in [7, 11) is 0. The molecular formula is C11H9N7O4. The van der Waals surface area contributed by atoms with Gasteiger partial charge >= 0.3 is 5.97 Å². The Hall–Kier alpha value is -3.50. The van der Waals surface area contributed by atoms with E-state index in [0.717, 1.165) is 0 Å². The summed E-state index contributed by atoms with van der Waals surface area (Å²) in [5, 5.41) is 18.3. The van der Waals surface area contributed by atoms with Gasteiger partial charge in [-0.25, -0.2) is 24.7 Å². The number of aromatic nitrogens is 6. The summed E-state index contributed by atoms with van der Waals surface area (Å²) >= 11 is 0. The highest BCUT2D eigenvalue weighted by Crippen LogP contribution is 2.15. The summed E-state index contributed by atoms with van der Waals surface area (Å²) in [6, 6.07) is 0. The minimum absolute atomic E-state index is 0.0112. The molecule has 3 aromatic rings. The molecule has 0 saturated carbocycles. The number of aromatic amines is 1. The van der Waals surface area contributed by atoms with E-state index in [9.17, 15) is 14.7 Å². The molecule has 0 unspecified atom stereocenters. The molecule has 22 heavy (non-hydrogen) atoms. The van der Waals surface area contributed by atoms with Crippen LogP contribution in [-0.4, -0.2) is 45.7 Å². The summed E-state index contributed by atoms with van der Waals surface area (Å²) in [4.78, 5) is 40.3. The van der Waals surface area contributed by atoms with Crippen LogP contribution in [0.15, 0.2) is 17.4 Å². The van der Waals surface area contributed by atoms with Gasteiger partial charge in [0.05, 0.1) is 12.9 Å². The number of carboxylic acids is 1. The second-order valence-corrected chi connectivity index (χ2v) is 4.32. The van der Waals surface area contributed by atoms with Crippen molar-refractivity contribution >= 4 is 23.0 Å². The largest absolute Gasteiger partial charge is 0.501 e. The fraction of sp³-hybridized carbons (Fsp3) is 0.0909. The van der Waals surface area contributed by atoms with Crippen LogP contribution in [0.2, 0.25) is 0 Å². The van der Waals surface area contributed by atoms with Crippen molar-refractivity contribution in [2.24, 2.45) is 0 Å². The van der Waals surface area contributed by atoms with Gasteiger partial charge in [0, 0.05) is 0 Å². The summed E-state index contributed by atoms with van der Waals surface area (Å²) in [5.74, 6) is -2.23. The number of rotatable bonds is 3. The zero-order valence-electron chi connectivity index (χ0n) is 10.9. The maximum Gasteiger partial charge on any atom is 0.358 e. The predicted molar refractivity (Wildman–Crippen MR) is 72.3 cm³/mol. The molecule has 5 N–H and O–H groups in total. The normalized spacial score (nSPS) is 10.9. The molecule has 0 amide bonds. The summed E-state index contributed by atoms with van der Waals surface area (Å²) < 4.78 is 1.51. The molecule has 0 aliphatic rings. The van der Waals surface area contributed by atoms with Crippen molar-refractivity contribution in [3.05, 3.63) is 34.5 Å². The zero-order chi connectivity index (χ0) is 15.9. The van der Waals surface area contributed by atoms with Gasteiger partial charge < -0.3 is 25.5 Å². The molecular weight excluding hydrogens is 294 g/mol. The first-order valence-electron chi connectivity index (χ1n) is 5.94. The van der Waals surface area contributed by atoms with E-state index in [1.54, 1.807) is 0 Å². The zero-order valence-corrected chi connectivity index (χ0v) is 10.9. The van der Waals surface area contributed by atoms with Crippen LogP contribution < -0.4 is 11.3 Å². The number of nitrogens with zero attached hydrogens (tertiary/aromatic N) is 5. The van der Waals surface area contributed by atoms with Crippen molar-refractivity contribution in [1.29, 1.82) is 0 Å². The molecule has 0 fully saturated rings. The quantitative estimate of drug-likeness (QED) is 0.470. The average molecular weight is 303 g/mol. The SMILES string of the molecule is Nc1ncnc2c1ncn2Cc1nc(C(=O)O)c(O)c(=O)[nH]1. The van der Waals surface area contributed by atoms with Gasteiger partial charge in [0.1, 0.15) is 17.7 Å². The highest BCUT2D eigenvalue weighted by molar-refractivity contribution is 5.88. The van der Waals surface area contributed by atoms with Crippen LogP contribution >= 0.6 is 0 Å². The summed E-state index contributed by atoms with van der Waals surface area (Å²) in [5.41, 5.74) is 4.77. The monoisotopic (exact) mass is 303 g/mol. The number of H-pyrrole nitrogens is 1. The lowest BCUT2D eigenvalue weighted by atomic mass is 10.3. The Kier molecular flexibility index (Phi) is 2.94. The van der Waals surface area contributed by atoms with Gasteiger partial charge in [0.25, 0.3) is 5.56 Å². The first kappa shape index (κ1) is 13.5. The minimum Gasteiger partial charge on any atom is -0.501 e. The van der Waals surface area contributed by atoms with E-state index in [0.29, 0.717) is 11.2 Å². The molecule has 0 radical (unpaired) electrons. The van der Waals surface area contributed by atoms with Crippen LogP contribution in [0.3, 0.4) is 0 Å². The number of carboxylic acid groups (broad SMARTS) is 1. The molecule has 11 nitrogen and oxygen atoms in total. The lowest BCUT2D eigenvalue weighted by molar-refractivity contribution is 0.0686. The van der Waals surface area contributed by atoms with Crippen LogP contribution in [0.1, 0.15) is 16.3 Å².